The van der Waals surface area contributed by atoms with Crippen LogP contribution < -0.4 is 5.32 Å². The Morgan fingerprint density at radius 1 is 1.29 bits per heavy atom. The van der Waals surface area contributed by atoms with Crippen LogP contribution in [0.2, 0.25) is 5.02 Å². The van der Waals surface area contributed by atoms with E-state index in [0.29, 0.717) is 23.6 Å². The highest BCUT2D eigenvalue weighted by Crippen LogP contribution is 2.35. The van der Waals surface area contributed by atoms with E-state index in [-0.39, 0.29) is 5.69 Å². The van der Waals surface area contributed by atoms with Gasteiger partial charge in [0.1, 0.15) is 5.54 Å². The van der Waals surface area contributed by atoms with Crippen molar-refractivity contribution in [3.63, 3.8) is 0 Å². The molecule has 3 rings (SSSR count). The molecule has 1 aromatic heterocycles. The summed E-state index contributed by atoms with van der Waals surface area (Å²) in [5, 5.41) is 16.2. The van der Waals surface area contributed by atoms with Crippen LogP contribution in [0.3, 0.4) is 0 Å². The number of carbonyl (C=O) groups excluding carboxylic acids is 1. The summed E-state index contributed by atoms with van der Waals surface area (Å²) in [7, 11) is 0. The van der Waals surface area contributed by atoms with Crippen LogP contribution in [0.1, 0.15) is 23.3 Å². The fourth-order valence-electron chi connectivity index (χ4n) is 2.02. The molecule has 0 spiro atoms. The van der Waals surface area contributed by atoms with Crippen LogP contribution in [0.25, 0.3) is 5.69 Å². The number of aliphatic carboxylic acids is 1. The molecule has 21 heavy (non-hydrogen) atoms. The number of hydrogen-bond acceptors (Lipinski definition) is 3. The van der Waals surface area contributed by atoms with Gasteiger partial charge in [-0.05, 0) is 31.0 Å². The number of hydrogen-bond donors (Lipinski definition) is 2. The lowest BCUT2D eigenvalue weighted by Crippen LogP contribution is -2.43. The summed E-state index contributed by atoms with van der Waals surface area (Å²) in [6.45, 7) is 0. The van der Waals surface area contributed by atoms with E-state index in [4.69, 9.17) is 16.7 Å². The first-order chi connectivity index (χ1) is 10.0. The van der Waals surface area contributed by atoms with E-state index in [1.54, 1.807) is 24.4 Å². The van der Waals surface area contributed by atoms with Crippen molar-refractivity contribution in [2.45, 2.75) is 18.4 Å². The topological polar surface area (TPSA) is 84.2 Å². The largest absolute Gasteiger partial charge is 0.480 e. The number of rotatable bonds is 4. The number of carboxylic acid groups (broad SMARTS) is 1. The van der Waals surface area contributed by atoms with Crippen molar-refractivity contribution in [1.82, 2.24) is 15.1 Å². The first-order valence-corrected chi connectivity index (χ1v) is 6.76. The molecule has 7 heteroatoms. The highest BCUT2D eigenvalue weighted by molar-refractivity contribution is 6.32. The van der Waals surface area contributed by atoms with E-state index in [2.05, 4.69) is 10.4 Å². The molecule has 108 valence electrons. The summed E-state index contributed by atoms with van der Waals surface area (Å²) < 4.78 is 1.48. The van der Waals surface area contributed by atoms with Crippen molar-refractivity contribution < 1.29 is 14.7 Å². The fourth-order valence-corrected chi connectivity index (χ4v) is 2.24. The maximum Gasteiger partial charge on any atom is 0.329 e. The van der Waals surface area contributed by atoms with Crippen molar-refractivity contribution in [3.8, 4) is 5.69 Å². The van der Waals surface area contributed by atoms with E-state index in [1.165, 1.54) is 10.7 Å². The maximum atomic E-state index is 12.1. The summed E-state index contributed by atoms with van der Waals surface area (Å²) in [5.41, 5.74) is -0.314. The van der Waals surface area contributed by atoms with Crippen molar-refractivity contribution in [1.29, 1.82) is 0 Å². The zero-order valence-electron chi connectivity index (χ0n) is 10.9. The number of benzene rings is 1. The minimum atomic E-state index is -1.12. The third kappa shape index (κ3) is 2.50. The Morgan fingerprint density at radius 2 is 2.00 bits per heavy atom. The molecule has 0 unspecified atom stereocenters. The number of carboxylic acids is 1. The molecule has 0 aliphatic heterocycles. The lowest BCUT2D eigenvalue weighted by molar-refractivity contribution is -0.140. The second-order valence-corrected chi connectivity index (χ2v) is 5.35. The minimum Gasteiger partial charge on any atom is -0.480 e. The third-order valence-corrected chi connectivity index (χ3v) is 3.75. The molecular weight excluding hydrogens is 294 g/mol. The van der Waals surface area contributed by atoms with Gasteiger partial charge in [-0.3, -0.25) is 4.79 Å². The summed E-state index contributed by atoms with van der Waals surface area (Å²) in [5.74, 6) is -1.51. The van der Waals surface area contributed by atoms with Gasteiger partial charge in [0.2, 0.25) is 0 Å². The fraction of sp³-hybridized carbons (Fsp3) is 0.214. The van der Waals surface area contributed by atoms with E-state index >= 15 is 0 Å². The van der Waals surface area contributed by atoms with Gasteiger partial charge in [-0.2, -0.15) is 5.10 Å². The molecule has 1 saturated carbocycles. The normalized spacial score (nSPS) is 15.5. The zero-order chi connectivity index (χ0) is 15.0. The summed E-state index contributed by atoms with van der Waals surface area (Å²) in [6, 6.07) is 8.63. The quantitative estimate of drug-likeness (QED) is 0.903. The Bertz CT molecular complexity index is 722. The second kappa shape index (κ2) is 4.89. The summed E-state index contributed by atoms with van der Waals surface area (Å²) >= 11 is 6.07. The van der Waals surface area contributed by atoms with Gasteiger partial charge < -0.3 is 10.4 Å². The first-order valence-electron chi connectivity index (χ1n) is 6.38. The monoisotopic (exact) mass is 305 g/mol. The number of nitrogens with zero attached hydrogens (tertiary/aromatic N) is 2. The molecule has 6 nitrogen and oxygen atoms in total. The SMILES string of the molecule is O=C(NC1(C(=O)O)CC1)c1ccn(-c2ccccc2Cl)n1. The number of halogens is 1. The average molecular weight is 306 g/mol. The van der Waals surface area contributed by atoms with Gasteiger partial charge in [0.05, 0.1) is 10.7 Å². The number of nitrogens with one attached hydrogen (secondary N) is 1. The molecule has 1 aliphatic carbocycles. The number of carbonyl (C=O) groups is 2. The number of amides is 1. The van der Waals surface area contributed by atoms with Crippen LogP contribution >= 0.6 is 11.6 Å². The molecule has 2 N–H and O–H groups in total. The van der Waals surface area contributed by atoms with E-state index < -0.39 is 17.4 Å². The molecule has 0 radical (unpaired) electrons. The van der Waals surface area contributed by atoms with E-state index in [0.717, 1.165) is 0 Å². The minimum absolute atomic E-state index is 0.155. The van der Waals surface area contributed by atoms with Crippen LogP contribution in [-0.4, -0.2) is 32.3 Å². The van der Waals surface area contributed by atoms with E-state index in [9.17, 15) is 9.59 Å². The molecule has 1 fully saturated rings. The number of para-hydroxylation sites is 1. The Labute approximate surface area is 125 Å². The average Bonchev–Trinajstić information content (AvgIpc) is 3.07. The molecule has 1 amide bonds. The van der Waals surface area contributed by atoms with Crippen LogP contribution in [0.5, 0.6) is 0 Å². The van der Waals surface area contributed by atoms with Gasteiger partial charge in [-0.1, -0.05) is 23.7 Å². The molecule has 1 aliphatic rings. The third-order valence-electron chi connectivity index (χ3n) is 3.43. The summed E-state index contributed by atoms with van der Waals surface area (Å²) in [6.07, 6.45) is 2.50. The van der Waals surface area contributed by atoms with Crippen LogP contribution in [-0.2, 0) is 4.79 Å². The standard InChI is InChI=1S/C14H12ClN3O3/c15-9-3-1-2-4-11(9)18-8-5-10(17-18)12(19)16-14(6-7-14)13(20)21/h1-5,8H,6-7H2,(H,16,19)(H,20,21). The molecule has 1 aromatic carbocycles. The molecule has 0 atom stereocenters. The first kappa shape index (κ1) is 13.6. The lowest BCUT2D eigenvalue weighted by atomic mass is 10.2. The molecule has 2 aromatic rings. The van der Waals surface area contributed by atoms with Crippen molar-refractivity contribution in [2.24, 2.45) is 0 Å². The van der Waals surface area contributed by atoms with Crippen LogP contribution in [0.15, 0.2) is 36.5 Å². The van der Waals surface area contributed by atoms with E-state index in [1.807, 2.05) is 6.07 Å². The second-order valence-electron chi connectivity index (χ2n) is 4.94. The van der Waals surface area contributed by atoms with Crippen LogP contribution in [0.4, 0.5) is 0 Å². The predicted molar refractivity (Wildman–Crippen MR) is 75.6 cm³/mol. The Morgan fingerprint density at radius 3 is 2.62 bits per heavy atom. The lowest BCUT2D eigenvalue weighted by Gasteiger charge is -2.10. The number of aromatic nitrogens is 2. The van der Waals surface area contributed by atoms with Crippen molar-refractivity contribution in [2.75, 3.05) is 0 Å². The Kier molecular flexibility index (Phi) is 3.17. The van der Waals surface area contributed by atoms with Gasteiger partial charge >= 0.3 is 5.97 Å². The van der Waals surface area contributed by atoms with Gasteiger partial charge in [0.25, 0.3) is 5.91 Å². The van der Waals surface area contributed by atoms with Gasteiger partial charge in [-0.25, -0.2) is 9.48 Å². The Balaban J connectivity index is 1.81. The van der Waals surface area contributed by atoms with Gasteiger partial charge in [0, 0.05) is 6.20 Å². The van der Waals surface area contributed by atoms with Gasteiger partial charge in [0.15, 0.2) is 5.69 Å². The highest BCUT2D eigenvalue weighted by Gasteiger charge is 2.51. The smallest absolute Gasteiger partial charge is 0.329 e. The van der Waals surface area contributed by atoms with Crippen molar-refractivity contribution in [3.05, 3.63) is 47.2 Å². The zero-order valence-corrected chi connectivity index (χ0v) is 11.7. The Hall–Kier alpha value is -2.34. The summed E-state index contributed by atoms with van der Waals surface area (Å²) in [4.78, 5) is 23.1. The van der Waals surface area contributed by atoms with Crippen LogP contribution in [0, 0.1) is 0 Å². The molecule has 1 heterocycles. The molecular formula is C14H12ClN3O3. The molecule has 0 saturated heterocycles. The molecule has 0 bridgehead atoms. The predicted octanol–water partition coefficient (Wildman–Crippen LogP) is 1.87. The van der Waals surface area contributed by atoms with Gasteiger partial charge in [-0.15, -0.1) is 0 Å². The maximum absolute atomic E-state index is 12.1. The van der Waals surface area contributed by atoms with Crippen molar-refractivity contribution >= 4 is 23.5 Å². The highest BCUT2D eigenvalue weighted by atomic mass is 35.5.